The summed E-state index contributed by atoms with van der Waals surface area (Å²) in [6.45, 7) is 7.55. The van der Waals surface area contributed by atoms with Gasteiger partial charge in [0.1, 0.15) is 17.5 Å². The summed E-state index contributed by atoms with van der Waals surface area (Å²) in [6.07, 6.45) is 3.40. The van der Waals surface area contributed by atoms with Gasteiger partial charge in [0.25, 0.3) is 0 Å². The molecule has 0 saturated heterocycles. The number of aryl methyl sites for hydroxylation is 1. The van der Waals surface area contributed by atoms with E-state index >= 15 is 0 Å². The lowest BCUT2D eigenvalue weighted by Gasteiger charge is -2.31. The molecule has 180 valence electrons. The maximum Gasteiger partial charge on any atom is 0.242 e. The molecule has 0 aromatic heterocycles. The zero-order chi connectivity index (χ0) is 24.1. The predicted octanol–water partition coefficient (Wildman–Crippen LogP) is 4.89. The Kier molecular flexibility index (Phi) is 11.3. The summed E-state index contributed by atoms with van der Waals surface area (Å²) in [5.41, 5.74) is 2.17. The summed E-state index contributed by atoms with van der Waals surface area (Å²) in [5.74, 6) is 1.39. The molecule has 2 amide bonds. The van der Waals surface area contributed by atoms with Gasteiger partial charge in [-0.2, -0.15) is 0 Å². The summed E-state index contributed by atoms with van der Waals surface area (Å²) < 4.78 is 10.9. The lowest BCUT2D eigenvalue weighted by molar-refractivity contribution is -0.141. The molecular weight excluding hydrogens is 416 g/mol. The minimum absolute atomic E-state index is 0.0333. The van der Waals surface area contributed by atoms with Gasteiger partial charge in [-0.15, -0.1) is 0 Å². The number of nitrogens with one attached hydrogen (secondary N) is 1. The first-order chi connectivity index (χ1) is 16.0. The number of rotatable bonds is 14. The van der Waals surface area contributed by atoms with Crippen molar-refractivity contribution in [3.05, 3.63) is 59.7 Å². The lowest BCUT2D eigenvalue weighted by Crippen LogP contribution is -2.49. The molecule has 2 rings (SSSR count). The van der Waals surface area contributed by atoms with Crippen LogP contribution >= 0.6 is 0 Å². The van der Waals surface area contributed by atoms with Crippen LogP contribution in [0.5, 0.6) is 11.5 Å². The second kappa shape index (κ2) is 14.2. The first kappa shape index (κ1) is 26.2. The second-order valence-corrected chi connectivity index (χ2v) is 8.14. The molecule has 1 N–H and O–H groups in total. The third-order valence-electron chi connectivity index (χ3n) is 5.68. The van der Waals surface area contributed by atoms with Crippen LogP contribution in [0.2, 0.25) is 0 Å². The number of carbonyl (C=O) groups excluding carboxylic acids is 2. The number of hydrogen-bond donors (Lipinski definition) is 1. The zero-order valence-corrected chi connectivity index (χ0v) is 20.4. The van der Waals surface area contributed by atoms with E-state index in [4.69, 9.17) is 9.47 Å². The Labute approximate surface area is 198 Å². The van der Waals surface area contributed by atoms with Gasteiger partial charge in [-0.05, 0) is 61.6 Å². The van der Waals surface area contributed by atoms with Gasteiger partial charge in [0.05, 0.1) is 13.7 Å². The average molecular weight is 455 g/mol. The maximum atomic E-state index is 13.3. The largest absolute Gasteiger partial charge is 0.497 e. The third-order valence-corrected chi connectivity index (χ3v) is 5.68. The van der Waals surface area contributed by atoms with Gasteiger partial charge < -0.3 is 19.7 Å². The van der Waals surface area contributed by atoms with E-state index in [0.717, 1.165) is 35.5 Å². The fraction of sp³-hybridized carbons (Fsp3) is 0.481. The standard InChI is InChI=1S/C27H38N2O4/c1-5-7-18-28-27(31)25(6-2)29(20-22-12-9-8-11-21(22)3)26(30)13-10-19-33-24-16-14-23(32-4)15-17-24/h8-9,11-12,14-17,25H,5-7,10,13,18-20H2,1-4H3,(H,28,31)/t25-/m0/s1. The van der Waals surface area contributed by atoms with Crippen LogP contribution in [0.1, 0.15) is 57.1 Å². The molecule has 0 saturated carbocycles. The summed E-state index contributed by atoms with van der Waals surface area (Å²) >= 11 is 0. The highest BCUT2D eigenvalue weighted by Gasteiger charge is 2.28. The molecule has 0 radical (unpaired) electrons. The number of hydrogen-bond acceptors (Lipinski definition) is 4. The third kappa shape index (κ3) is 8.44. The van der Waals surface area contributed by atoms with Crippen LogP contribution in [-0.2, 0) is 16.1 Å². The van der Waals surface area contributed by atoms with E-state index in [1.165, 1.54) is 0 Å². The van der Waals surface area contributed by atoms with E-state index in [1.807, 2.05) is 62.4 Å². The number of benzene rings is 2. The SMILES string of the molecule is CCCCNC(=O)[C@H](CC)N(Cc1ccccc1C)C(=O)CCCOc1ccc(OC)cc1. The first-order valence-corrected chi connectivity index (χ1v) is 11.9. The molecule has 0 heterocycles. The Morgan fingerprint density at radius 1 is 1.00 bits per heavy atom. The van der Waals surface area contributed by atoms with Gasteiger partial charge in [0.15, 0.2) is 0 Å². The number of carbonyl (C=O) groups is 2. The summed E-state index contributed by atoms with van der Waals surface area (Å²) in [6, 6.07) is 14.9. The smallest absolute Gasteiger partial charge is 0.242 e. The number of amides is 2. The number of nitrogens with zero attached hydrogens (tertiary/aromatic N) is 1. The van der Waals surface area contributed by atoms with E-state index in [2.05, 4.69) is 12.2 Å². The summed E-state index contributed by atoms with van der Waals surface area (Å²) in [5, 5.41) is 3.00. The number of ether oxygens (including phenoxy) is 2. The Hall–Kier alpha value is -3.02. The minimum atomic E-state index is -0.489. The van der Waals surface area contributed by atoms with E-state index in [9.17, 15) is 9.59 Å². The van der Waals surface area contributed by atoms with Crippen molar-refractivity contribution in [2.75, 3.05) is 20.3 Å². The average Bonchev–Trinajstić information content (AvgIpc) is 2.83. The van der Waals surface area contributed by atoms with Crippen LogP contribution < -0.4 is 14.8 Å². The molecule has 1 atom stereocenters. The molecule has 0 bridgehead atoms. The monoisotopic (exact) mass is 454 g/mol. The van der Waals surface area contributed by atoms with Crippen molar-refractivity contribution in [3.63, 3.8) is 0 Å². The van der Waals surface area contributed by atoms with Crippen molar-refractivity contribution in [1.29, 1.82) is 0 Å². The van der Waals surface area contributed by atoms with Gasteiger partial charge in [0.2, 0.25) is 11.8 Å². The Morgan fingerprint density at radius 3 is 2.33 bits per heavy atom. The topological polar surface area (TPSA) is 67.9 Å². The minimum Gasteiger partial charge on any atom is -0.497 e. The lowest BCUT2D eigenvalue weighted by atomic mass is 10.1. The molecular formula is C27H38N2O4. The molecule has 2 aromatic carbocycles. The summed E-state index contributed by atoms with van der Waals surface area (Å²) in [4.78, 5) is 27.9. The van der Waals surface area contributed by atoms with Gasteiger partial charge in [-0.25, -0.2) is 0 Å². The molecule has 33 heavy (non-hydrogen) atoms. The predicted molar refractivity (Wildman–Crippen MR) is 131 cm³/mol. The molecule has 0 spiro atoms. The van der Waals surface area contributed by atoms with Gasteiger partial charge in [-0.3, -0.25) is 9.59 Å². The molecule has 0 unspecified atom stereocenters. The molecule has 6 heteroatoms. The second-order valence-electron chi connectivity index (χ2n) is 8.14. The highest BCUT2D eigenvalue weighted by Crippen LogP contribution is 2.19. The molecule has 2 aromatic rings. The normalized spacial score (nSPS) is 11.5. The van der Waals surface area contributed by atoms with E-state index in [0.29, 0.717) is 39.0 Å². The van der Waals surface area contributed by atoms with Crippen molar-refractivity contribution in [2.24, 2.45) is 0 Å². The fourth-order valence-electron chi connectivity index (χ4n) is 3.63. The molecule has 0 aliphatic heterocycles. The van der Waals surface area contributed by atoms with E-state index < -0.39 is 6.04 Å². The van der Waals surface area contributed by atoms with Crippen LogP contribution in [-0.4, -0.2) is 43.0 Å². The van der Waals surface area contributed by atoms with Crippen LogP contribution in [0.3, 0.4) is 0 Å². The van der Waals surface area contributed by atoms with Crippen molar-refractivity contribution in [2.45, 2.75) is 65.5 Å². The molecule has 0 fully saturated rings. The van der Waals surface area contributed by atoms with Gasteiger partial charge in [-0.1, -0.05) is 44.5 Å². The first-order valence-electron chi connectivity index (χ1n) is 11.9. The number of unbranched alkanes of at least 4 members (excludes halogenated alkanes) is 1. The van der Waals surface area contributed by atoms with Crippen molar-refractivity contribution >= 4 is 11.8 Å². The van der Waals surface area contributed by atoms with Crippen LogP contribution in [0, 0.1) is 6.92 Å². The Bertz CT molecular complexity index is 867. The molecule has 0 aliphatic rings. The van der Waals surface area contributed by atoms with Crippen LogP contribution in [0.15, 0.2) is 48.5 Å². The highest BCUT2D eigenvalue weighted by atomic mass is 16.5. The number of methoxy groups -OCH3 is 1. The molecule has 6 nitrogen and oxygen atoms in total. The van der Waals surface area contributed by atoms with Crippen molar-refractivity contribution in [3.8, 4) is 11.5 Å². The Morgan fingerprint density at radius 2 is 1.70 bits per heavy atom. The van der Waals surface area contributed by atoms with E-state index in [-0.39, 0.29) is 11.8 Å². The summed E-state index contributed by atoms with van der Waals surface area (Å²) in [7, 11) is 1.62. The quantitative estimate of drug-likeness (QED) is 0.413. The fourth-order valence-corrected chi connectivity index (χ4v) is 3.63. The van der Waals surface area contributed by atoms with Crippen molar-refractivity contribution in [1.82, 2.24) is 10.2 Å². The highest BCUT2D eigenvalue weighted by molar-refractivity contribution is 5.87. The van der Waals surface area contributed by atoms with Crippen LogP contribution in [0.4, 0.5) is 0 Å². The van der Waals surface area contributed by atoms with Gasteiger partial charge >= 0.3 is 0 Å². The Balaban J connectivity index is 2.02. The van der Waals surface area contributed by atoms with E-state index in [1.54, 1.807) is 12.0 Å². The van der Waals surface area contributed by atoms with Crippen molar-refractivity contribution < 1.29 is 19.1 Å². The van der Waals surface area contributed by atoms with Gasteiger partial charge in [0, 0.05) is 19.5 Å². The zero-order valence-electron chi connectivity index (χ0n) is 20.4. The maximum absolute atomic E-state index is 13.3. The molecule has 0 aliphatic carbocycles. The van der Waals surface area contributed by atoms with Crippen LogP contribution in [0.25, 0.3) is 0 Å².